The largest absolute Gasteiger partial charge is 0.396 e. The van der Waals surface area contributed by atoms with Gasteiger partial charge in [-0.3, -0.25) is 4.98 Å². The number of benzene rings is 1. The van der Waals surface area contributed by atoms with E-state index in [1.54, 1.807) is 6.20 Å². The van der Waals surface area contributed by atoms with Crippen molar-refractivity contribution in [2.75, 3.05) is 17.2 Å². The van der Waals surface area contributed by atoms with Crippen LogP contribution in [0.4, 0.5) is 17.5 Å². The summed E-state index contributed by atoms with van der Waals surface area (Å²) in [6.07, 6.45) is 0.0819. The number of fused-ring (bicyclic) bond motifs is 1. The fourth-order valence-electron chi connectivity index (χ4n) is 4.36. The summed E-state index contributed by atoms with van der Waals surface area (Å²) in [5.74, 6) is 0.471. The standard InChI is InChI=1S/C24H26N6O3S/c1-12-7-15(8-13(2)26-12)27-24-25-10-16(23-29-17-5-3-4-6-19(17)34-23)22(30-24)28-18-9-14(11-31)20(32)21(18)33/h3-8,10,14,18,20-21,31-33H,9,11H2,1-2H3,(H2,25,26,27,28,30)/t14-,18?,20-,21+/m0/s1. The number of aromatic nitrogens is 4. The summed E-state index contributed by atoms with van der Waals surface area (Å²) in [6.45, 7) is 3.65. The van der Waals surface area contributed by atoms with Crippen molar-refractivity contribution in [3.8, 4) is 10.6 Å². The average molecular weight is 479 g/mol. The first-order valence-corrected chi connectivity index (χ1v) is 11.9. The van der Waals surface area contributed by atoms with E-state index in [2.05, 4.69) is 20.6 Å². The molecule has 3 aromatic heterocycles. The Morgan fingerprint density at radius 3 is 2.50 bits per heavy atom. The van der Waals surface area contributed by atoms with Crippen molar-refractivity contribution in [1.82, 2.24) is 19.9 Å². The van der Waals surface area contributed by atoms with Crippen LogP contribution >= 0.6 is 11.3 Å². The lowest BCUT2D eigenvalue weighted by molar-refractivity contribution is 0.00446. The van der Waals surface area contributed by atoms with Gasteiger partial charge in [-0.15, -0.1) is 11.3 Å². The number of nitrogens with zero attached hydrogens (tertiary/aromatic N) is 4. The second-order valence-corrected chi connectivity index (χ2v) is 9.65. The van der Waals surface area contributed by atoms with Gasteiger partial charge in [0.1, 0.15) is 16.9 Å². The molecule has 4 atom stereocenters. The van der Waals surface area contributed by atoms with Gasteiger partial charge in [-0.25, -0.2) is 9.97 Å². The molecule has 0 amide bonds. The molecule has 1 aliphatic rings. The lowest BCUT2D eigenvalue weighted by Gasteiger charge is -2.20. The number of aryl methyl sites for hydroxylation is 2. The number of aliphatic hydroxyl groups is 3. The smallest absolute Gasteiger partial charge is 0.229 e. The van der Waals surface area contributed by atoms with Crippen LogP contribution in [0.15, 0.2) is 42.6 Å². The van der Waals surface area contributed by atoms with Crippen LogP contribution in [0.5, 0.6) is 0 Å². The second kappa shape index (κ2) is 9.22. The van der Waals surface area contributed by atoms with E-state index in [-0.39, 0.29) is 6.61 Å². The van der Waals surface area contributed by atoms with E-state index < -0.39 is 24.2 Å². The number of para-hydroxylation sites is 1. The molecule has 176 valence electrons. The maximum atomic E-state index is 10.6. The van der Waals surface area contributed by atoms with Gasteiger partial charge in [-0.1, -0.05) is 12.1 Å². The minimum absolute atomic E-state index is 0.196. The highest BCUT2D eigenvalue weighted by molar-refractivity contribution is 7.21. The summed E-state index contributed by atoms with van der Waals surface area (Å²) in [6, 6.07) is 11.2. The highest BCUT2D eigenvalue weighted by Gasteiger charge is 2.41. The molecule has 9 nitrogen and oxygen atoms in total. The first-order chi connectivity index (χ1) is 16.4. The number of thiazole rings is 1. The van der Waals surface area contributed by atoms with Gasteiger partial charge in [-0.05, 0) is 44.5 Å². The number of rotatable bonds is 6. The molecule has 1 fully saturated rings. The van der Waals surface area contributed by atoms with Gasteiger partial charge in [0.2, 0.25) is 5.95 Å². The first-order valence-electron chi connectivity index (χ1n) is 11.1. The van der Waals surface area contributed by atoms with Crippen LogP contribution in [-0.4, -0.2) is 60.1 Å². The lowest BCUT2D eigenvalue weighted by atomic mass is 10.1. The van der Waals surface area contributed by atoms with E-state index in [4.69, 9.17) is 9.97 Å². The Bertz CT molecular complexity index is 1280. The summed E-state index contributed by atoms with van der Waals surface area (Å²) in [7, 11) is 0. The molecule has 1 saturated carbocycles. The Kier molecular flexibility index (Phi) is 6.13. The summed E-state index contributed by atoms with van der Waals surface area (Å²) < 4.78 is 1.05. The van der Waals surface area contributed by atoms with Gasteiger partial charge in [0.05, 0.1) is 27.9 Å². The topological polar surface area (TPSA) is 136 Å². The molecule has 0 bridgehead atoms. The van der Waals surface area contributed by atoms with Crippen LogP contribution in [-0.2, 0) is 0 Å². The van der Waals surface area contributed by atoms with Crippen LogP contribution < -0.4 is 10.6 Å². The van der Waals surface area contributed by atoms with E-state index in [1.807, 2.05) is 50.2 Å². The molecule has 34 heavy (non-hydrogen) atoms. The van der Waals surface area contributed by atoms with Crippen molar-refractivity contribution >= 4 is 39.0 Å². The Morgan fingerprint density at radius 1 is 1.03 bits per heavy atom. The third kappa shape index (κ3) is 4.45. The quantitative estimate of drug-likeness (QED) is 0.283. The number of pyridine rings is 1. The Labute approximate surface area is 200 Å². The summed E-state index contributed by atoms with van der Waals surface area (Å²) in [5, 5.41) is 37.7. The van der Waals surface area contributed by atoms with Crippen LogP contribution in [0.25, 0.3) is 20.8 Å². The maximum absolute atomic E-state index is 10.6. The number of hydrogen-bond acceptors (Lipinski definition) is 10. The highest BCUT2D eigenvalue weighted by atomic mass is 32.1. The molecule has 0 radical (unpaired) electrons. The van der Waals surface area contributed by atoms with E-state index in [1.165, 1.54) is 11.3 Å². The SMILES string of the molecule is Cc1cc(Nc2ncc(-c3nc4ccccc4s3)c(NC3C[C@@H](CO)[C@H](O)[C@@H]3O)n2)cc(C)n1. The number of aliphatic hydroxyl groups excluding tert-OH is 3. The highest BCUT2D eigenvalue weighted by Crippen LogP contribution is 2.36. The molecular weight excluding hydrogens is 452 g/mol. The normalized spacial score (nSPS) is 22.3. The molecule has 3 heterocycles. The Morgan fingerprint density at radius 2 is 1.79 bits per heavy atom. The molecule has 5 rings (SSSR count). The predicted octanol–water partition coefficient (Wildman–Crippen LogP) is 3.02. The monoisotopic (exact) mass is 478 g/mol. The summed E-state index contributed by atoms with van der Waals surface area (Å²) in [5.41, 5.74) is 4.16. The van der Waals surface area contributed by atoms with E-state index in [0.29, 0.717) is 23.8 Å². The maximum Gasteiger partial charge on any atom is 0.229 e. The van der Waals surface area contributed by atoms with Crippen LogP contribution in [0.3, 0.4) is 0 Å². The number of anilines is 3. The Hall–Kier alpha value is -3.18. The molecular formula is C24H26N6O3S. The van der Waals surface area contributed by atoms with Gasteiger partial charge in [0, 0.05) is 35.8 Å². The molecule has 0 aliphatic heterocycles. The van der Waals surface area contributed by atoms with Gasteiger partial charge in [-0.2, -0.15) is 4.98 Å². The molecule has 5 N–H and O–H groups in total. The zero-order chi connectivity index (χ0) is 23.8. The lowest BCUT2D eigenvalue weighted by Crippen LogP contribution is -2.35. The molecule has 4 aromatic rings. The van der Waals surface area contributed by atoms with E-state index in [9.17, 15) is 15.3 Å². The molecule has 10 heteroatoms. The fourth-order valence-corrected chi connectivity index (χ4v) is 5.33. The number of nitrogens with one attached hydrogen (secondary N) is 2. The van der Waals surface area contributed by atoms with E-state index >= 15 is 0 Å². The van der Waals surface area contributed by atoms with Crippen LogP contribution in [0, 0.1) is 19.8 Å². The summed E-state index contributed by atoms with van der Waals surface area (Å²) >= 11 is 1.53. The van der Waals surface area contributed by atoms with Gasteiger partial charge >= 0.3 is 0 Å². The van der Waals surface area contributed by atoms with Crippen molar-refractivity contribution in [2.45, 2.75) is 38.5 Å². The minimum atomic E-state index is -1.03. The van der Waals surface area contributed by atoms with Gasteiger partial charge in [0.15, 0.2) is 0 Å². The van der Waals surface area contributed by atoms with Crippen LogP contribution in [0.1, 0.15) is 17.8 Å². The molecule has 0 spiro atoms. The Balaban J connectivity index is 1.52. The van der Waals surface area contributed by atoms with E-state index in [0.717, 1.165) is 32.3 Å². The van der Waals surface area contributed by atoms with Gasteiger partial charge < -0.3 is 26.0 Å². The third-order valence-electron chi connectivity index (χ3n) is 6.01. The third-order valence-corrected chi connectivity index (χ3v) is 7.08. The van der Waals surface area contributed by atoms with Crippen molar-refractivity contribution < 1.29 is 15.3 Å². The van der Waals surface area contributed by atoms with Crippen molar-refractivity contribution in [1.29, 1.82) is 0 Å². The van der Waals surface area contributed by atoms with Gasteiger partial charge in [0.25, 0.3) is 0 Å². The zero-order valence-corrected chi connectivity index (χ0v) is 19.6. The number of hydrogen-bond donors (Lipinski definition) is 5. The molecule has 0 saturated heterocycles. The minimum Gasteiger partial charge on any atom is -0.396 e. The first kappa shape index (κ1) is 22.6. The summed E-state index contributed by atoms with van der Waals surface area (Å²) in [4.78, 5) is 18.4. The second-order valence-electron chi connectivity index (χ2n) is 8.62. The predicted molar refractivity (Wildman–Crippen MR) is 132 cm³/mol. The van der Waals surface area contributed by atoms with Crippen LogP contribution in [0.2, 0.25) is 0 Å². The van der Waals surface area contributed by atoms with Crippen molar-refractivity contribution in [3.05, 3.63) is 54.0 Å². The molecule has 1 aromatic carbocycles. The average Bonchev–Trinajstić information content (AvgIpc) is 3.35. The van der Waals surface area contributed by atoms with Crippen molar-refractivity contribution in [3.63, 3.8) is 0 Å². The molecule has 1 unspecified atom stereocenters. The molecule has 1 aliphatic carbocycles. The zero-order valence-electron chi connectivity index (χ0n) is 18.8. The van der Waals surface area contributed by atoms with Crippen molar-refractivity contribution in [2.24, 2.45) is 5.92 Å². The fraction of sp³-hybridized carbons (Fsp3) is 0.333.